The van der Waals surface area contributed by atoms with E-state index in [0.29, 0.717) is 27.9 Å². The maximum absolute atomic E-state index is 13.2. The predicted octanol–water partition coefficient (Wildman–Crippen LogP) is 4.64. The fourth-order valence-electron chi connectivity index (χ4n) is 2.51. The average Bonchev–Trinajstić information content (AvgIpc) is 2.92. The minimum atomic E-state index is -0.349. The maximum Gasteiger partial charge on any atom is 0.255 e. The summed E-state index contributed by atoms with van der Waals surface area (Å²) in [4.78, 5) is 12.4. The zero-order valence-corrected chi connectivity index (χ0v) is 15.4. The van der Waals surface area contributed by atoms with E-state index in [1.54, 1.807) is 36.6 Å². The van der Waals surface area contributed by atoms with Crippen LogP contribution in [-0.4, -0.2) is 20.0 Å². The summed E-state index contributed by atoms with van der Waals surface area (Å²) in [5.41, 5.74) is 2.39. The van der Waals surface area contributed by atoms with Crippen molar-refractivity contribution >= 4 is 51.3 Å². The molecule has 2 aromatic carbocycles. The summed E-state index contributed by atoms with van der Waals surface area (Å²) < 4.78 is 21.5. The van der Waals surface area contributed by atoms with E-state index in [2.05, 4.69) is 34.1 Å². The summed E-state index contributed by atoms with van der Waals surface area (Å²) in [6.07, 6.45) is 0. The monoisotopic (exact) mass is 408 g/mol. The molecule has 7 heteroatoms. The van der Waals surface area contributed by atoms with Gasteiger partial charge in [-0.3, -0.25) is 4.79 Å². The van der Waals surface area contributed by atoms with E-state index in [4.69, 9.17) is 4.42 Å². The van der Waals surface area contributed by atoms with Gasteiger partial charge >= 0.3 is 0 Å². The number of nitrogens with one attached hydrogen (secondary N) is 1. The predicted molar refractivity (Wildman–Crippen MR) is 100 cm³/mol. The summed E-state index contributed by atoms with van der Waals surface area (Å²) in [7, 11) is 3.35. The van der Waals surface area contributed by atoms with Gasteiger partial charge in [-0.2, -0.15) is 0 Å². The molecule has 0 aliphatic rings. The van der Waals surface area contributed by atoms with Crippen molar-refractivity contribution in [3.8, 4) is 11.3 Å². The van der Waals surface area contributed by atoms with Gasteiger partial charge in [0.05, 0.1) is 11.3 Å². The van der Waals surface area contributed by atoms with E-state index in [-0.39, 0.29) is 11.7 Å². The fourth-order valence-corrected chi connectivity index (χ4v) is 3.42. The standard InChI is InChI=1S/C17H14BrFN2O2S/c1-20-17(22)15-11-7-12(18)13(21(2)24)8-14(11)23-16(15)9-3-5-10(19)6-4-9/h3-8,24H,1-2H3,(H,20,22). The first-order valence-electron chi connectivity index (χ1n) is 7.09. The topological polar surface area (TPSA) is 45.5 Å². The molecule has 0 radical (unpaired) electrons. The molecule has 0 aliphatic heterocycles. The van der Waals surface area contributed by atoms with E-state index in [1.165, 1.54) is 12.1 Å². The lowest BCUT2D eigenvalue weighted by Crippen LogP contribution is -2.18. The van der Waals surface area contributed by atoms with Gasteiger partial charge in [-0.05, 0) is 46.3 Å². The van der Waals surface area contributed by atoms with Gasteiger partial charge in [-0.25, -0.2) is 4.39 Å². The first-order chi connectivity index (χ1) is 11.4. The molecule has 0 atom stereocenters. The number of furan rings is 1. The van der Waals surface area contributed by atoms with Crippen molar-refractivity contribution < 1.29 is 13.6 Å². The summed E-state index contributed by atoms with van der Waals surface area (Å²) in [6.45, 7) is 0. The third-order valence-electron chi connectivity index (χ3n) is 3.67. The van der Waals surface area contributed by atoms with Gasteiger partial charge in [-0.15, -0.1) is 0 Å². The van der Waals surface area contributed by atoms with Crippen molar-refractivity contribution in [2.75, 3.05) is 18.4 Å². The molecule has 0 bridgehead atoms. The largest absolute Gasteiger partial charge is 0.455 e. The number of hydrogen-bond donors (Lipinski definition) is 2. The van der Waals surface area contributed by atoms with Crippen molar-refractivity contribution in [1.82, 2.24) is 5.32 Å². The van der Waals surface area contributed by atoms with Gasteiger partial charge in [0.1, 0.15) is 17.2 Å². The Morgan fingerprint density at radius 3 is 2.54 bits per heavy atom. The Bertz CT molecular complexity index is 922. The van der Waals surface area contributed by atoms with E-state index < -0.39 is 0 Å². The van der Waals surface area contributed by atoms with Crippen LogP contribution in [0.4, 0.5) is 10.1 Å². The quantitative estimate of drug-likeness (QED) is 0.620. The van der Waals surface area contributed by atoms with Crippen molar-refractivity contribution in [3.05, 3.63) is 52.3 Å². The van der Waals surface area contributed by atoms with Crippen LogP contribution >= 0.6 is 28.7 Å². The Morgan fingerprint density at radius 2 is 1.96 bits per heavy atom. The Labute approximate surface area is 152 Å². The smallest absolute Gasteiger partial charge is 0.255 e. The number of fused-ring (bicyclic) bond motifs is 1. The molecule has 4 nitrogen and oxygen atoms in total. The highest BCUT2D eigenvalue weighted by atomic mass is 79.9. The van der Waals surface area contributed by atoms with Gasteiger partial charge in [-0.1, -0.05) is 12.8 Å². The second-order valence-corrected chi connectivity index (χ2v) is 6.67. The highest BCUT2D eigenvalue weighted by Crippen LogP contribution is 2.39. The minimum absolute atomic E-state index is 0.271. The number of benzene rings is 2. The molecule has 24 heavy (non-hydrogen) atoms. The van der Waals surface area contributed by atoms with E-state index in [9.17, 15) is 9.18 Å². The summed E-state index contributed by atoms with van der Waals surface area (Å²) in [6, 6.07) is 9.45. The number of amides is 1. The Morgan fingerprint density at radius 1 is 1.29 bits per heavy atom. The summed E-state index contributed by atoms with van der Waals surface area (Å²) in [5.74, 6) is -0.222. The van der Waals surface area contributed by atoms with Crippen molar-refractivity contribution in [1.29, 1.82) is 0 Å². The number of rotatable bonds is 3. The normalized spacial score (nSPS) is 10.9. The molecule has 0 saturated carbocycles. The average molecular weight is 409 g/mol. The van der Waals surface area contributed by atoms with Crippen LogP contribution in [0.3, 0.4) is 0 Å². The Kier molecular flexibility index (Phi) is 4.56. The maximum atomic E-state index is 13.2. The summed E-state index contributed by atoms with van der Waals surface area (Å²) in [5, 5.41) is 3.29. The zero-order chi connectivity index (χ0) is 17.4. The molecule has 0 fully saturated rings. The second kappa shape index (κ2) is 6.49. The number of halogens is 2. The Balaban J connectivity index is 2.31. The molecule has 3 aromatic rings. The van der Waals surface area contributed by atoms with Crippen molar-refractivity contribution in [2.45, 2.75) is 0 Å². The molecular weight excluding hydrogens is 395 g/mol. The third kappa shape index (κ3) is 2.89. The van der Waals surface area contributed by atoms with Crippen LogP contribution in [-0.2, 0) is 0 Å². The van der Waals surface area contributed by atoms with Crippen LogP contribution in [0, 0.1) is 5.82 Å². The number of carbonyl (C=O) groups is 1. The first kappa shape index (κ1) is 16.9. The highest BCUT2D eigenvalue weighted by molar-refractivity contribution is 9.10. The second-order valence-electron chi connectivity index (χ2n) is 5.22. The number of thiol groups is 1. The van der Waals surface area contributed by atoms with Gasteiger partial charge < -0.3 is 14.0 Å². The number of nitrogens with zero attached hydrogens (tertiary/aromatic N) is 1. The molecule has 124 valence electrons. The molecule has 3 rings (SSSR count). The molecular formula is C17H14BrFN2O2S. The Hall–Kier alpha value is -1.99. The van der Waals surface area contributed by atoms with E-state index in [1.807, 2.05) is 6.07 Å². The van der Waals surface area contributed by atoms with E-state index >= 15 is 0 Å². The highest BCUT2D eigenvalue weighted by Gasteiger charge is 2.23. The van der Waals surface area contributed by atoms with Gasteiger partial charge in [0.25, 0.3) is 5.91 Å². The molecule has 0 spiro atoms. The molecule has 0 saturated heterocycles. The minimum Gasteiger partial charge on any atom is -0.455 e. The molecule has 1 heterocycles. The number of carbonyl (C=O) groups excluding carboxylic acids is 1. The lowest BCUT2D eigenvalue weighted by molar-refractivity contribution is 0.0964. The van der Waals surface area contributed by atoms with Crippen LogP contribution in [0.2, 0.25) is 0 Å². The number of anilines is 1. The van der Waals surface area contributed by atoms with Crippen LogP contribution in [0.1, 0.15) is 10.4 Å². The fraction of sp³-hybridized carbons (Fsp3) is 0.118. The molecule has 0 unspecified atom stereocenters. The lowest BCUT2D eigenvalue weighted by Gasteiger charge is -2.12. The molecule has 0 aliphatic carbocycles. The molecule has 1 N–H and O–H groups in total. The third-order valence-corrected chi connectivity index (χ3v) is 4.52. The van der Waals surface area contributed by atoms with E-state index in [0.717, 1.165) is 10.2 Å². The van der Waals surface area contributed by atoms with Crippen molar-refractivity contribution in [3.63, 3.8) is 0 Å². The van der Waals surface area contributed by atoms with Gasteiger partial charge in [0.2, 0.25) is 0 Å². The van der Waals surface area contributed by atoms with Crippen LogP contribution in [0.25, 0.3) is 22.3 Å². The van der Waals surface area contributed by atoms with Gasteiger partial charge in [0, 0.05) is 35.6 Å². The molecule has 1 aromatic heterocycles. The molecule has 1 amide bonds. The first-order valence-corrected chi connectivity index (χ1v) is 8.28. The van der Waals surface area contributed by atoms with Crippen LogP contribution < -0.4 is 9.62 Å². The van der Waals surface area contributed by atoms with Gasteiger partial charge in [0.15, 0.2) is 0 Å². The number of hydrogen-bond acceptors (Lipinski definition) is 4. The van der Waals surface area contributed by atoms with Crippen LogP contribution in [0.5, 0.6) is 0 Å². The zero-order valence-electron chi connectivity index (χ0n) is 12.9. The summed E-state index contributed by atoms with van der Waals surface area (Å²) >= 11 is 7.78. The SMILES string of the molecule is CNC(=O)c1c(-c2ccc(F)cc2)oc2cc(N(C)S)c(Br)cc12. The van der Waals surface area contributed by atoms with Crippen molar-refractivity contribution in [2.24, 2.45) is 0 Å². The van der Waals surface area contributed by atoms with Crippen LogP contribution in [0.15, 0.2) is 45.3 Å². The lowest BCUT2D eigenvalue weighted by atomic mass is 10.0.